The van der Waals surface area contributed by atoms with E-state index in [1.54, 1.807) is 0 Å². The topological polar surface area (TPSA) is 132 Å². The molecule has 0 aliphatic heterocycles. The maximum Gasteiger partial charge on any atom is 2.00 e. The number of nitrogens with zero attached hydrogens (tertiary/aromatic N) is 2. The first-order valence-electron chi connectivity index (χ1n) is 1.10. The molecule has 0 unspecified atom stereocenters. The first-order chi connectivity index (χ1) is 3.46. The summed E-state index contributed by atoms with van der Waals surface area (Å²) in [5.74, 6) is 0. The summed E-state index contributed by atoms with van der Waals surface area (Å²) in [4.78, 5) is 16.5. The van der Waals surface area contributed by atoms with Crippen LogP contribution in [0.25, 0.3) is 0 Å². The van der Waals surface area contributed by atoms with E-state index in [-0.39, 0.29) is 75.5 Å². The Kier molecular flexibility index (Phi) is 37.0. The van der Waals surface area contributed by atoms with Crippen LogP contribution in [0.5, 0.6) is 0 Å². The van der Waals surface area contributed by atoms with Crippen LogP contribution in [0.15, 0.2) is 0 Å². The Balaban J connectivity index is -0.0000000300. The predicted octanol–water partition coefficient (Wildman–Crippen LogP) is -1.24. The fourth-order valence-corrected chi connectivity index (χ4v) is 0. The molecule has 0 bridgehead atoms. The van der Waals surface area contributed by atoms with E-state index >= 15 is 0 Å². The summed E-state index contributed by atoms with van der Waals surface area (Å²) >= 11 is 0. The van der Waals surface area contributed by atoms with Gasteiger partial charge in [0.1, 0.15) is 0 Å². The predicted molar refractivity (Wildman–Crippen MR) is 32.2 cm³/mol. The van der Waals surface area contributed by atoms with Gasteiger partial charge in [0.15, 0.2) is 0 Å². The van der Waals surface area contributed by atoms with Crippen molar-refractivity contribution in [1.29, 1.82) is 0 Å². The minimum Gasteiger partial charge on any atom is -0.356 e. The monoisotopic (exact) mass is 204 g/mol. The van der Waals surface area contributed by atoms with Gasteiger partial charge in [0.2, 0.25) is 0 Å². The second-order valence-corrected chi connectivity index (χ2v) is 0.447. The van der Waals surface area contributed by atoms with Gasteiger partial charge in [-0.2, -0.15) is 0 Å². The van der Waals surface area contributed by atoms with Gasteiger partial charge in [-0.25, -0.2) is 0 Å². The third-order valence-electron chi connectivity index (χ3n) is 0. The zero-order chi connectivity index (χ0) is 7.15. The van der Waals surface area contributed by atoms with E-state index in [9.17, 15) is 0 Å². The number of rotatable bonds is 0. The third-order valence-corrected chi connectivity index (χ3v) is 0. The SMILES string of the molecule is O=[N+]([O-])[O-].O=[N+]([O-])[O-].[Ca+2].[Ca+2]. The van der Waals surface area contributed by atoms with Gasteiger partial charge >= 0.3 is 75.5 Å². The molecular formula is Ca2N2O6+2. The summed E-state index contributed by atoms with van der Waals surface area (Å²) in [5.41, 5.74) is 0. The van der Waals surface area contributed by atoms with Crippen LogP contribution in [-0.4, -0.2) is 85.6 Å². The maximum absolute atomic E-state index is 8.25. The molecule has 0 N–H and O–H groups in total. The van der Waals surface area contributed by atoms with Gasteiger partial charge in [-0.05, 0) is 0 Å². The van der Waals surface area contributed by atoms with Crippen LogP contribution in [0.2, 0.25) is 0 Å². The summed E-state index contributed by atoms with van der Waals surface area (Å²) < 4.78 is 0. The van der Waals surface area contributed by atoms with Gasteiger partial charge in [0.05, 0.1) is 10.2 Å². The standard InChI is InChI=1S/2Ca.2NO3/c;;2*2-1(3)4/q2*+2;2*-1. The molecule has 0 saturated carbocycles. The van der Waals surface area contributed by atoms with Crippen molar-refractivity contribution in [3.63, 3.8) is 0 Å². The van der Waals surface area contributed by atoms with E-state index in [1.165, 1.54) is 0 Å². The third kappa shape index (κ3) is 662. The molecule has 0 saturated heterocycles. The first-order valence-corrected chi connectivity index (χ1v) is 1.10. The van der Waals surface area contributed by atoms with Crippen LogP contribution in [0.1, 0.15) is 0 Å². The van der Waals surface area contributed by atoms with Crippen molar-refractivity contribution < 1.29 is 10.2 Å². The van der Waals surface area contributed by atoms with Gasteiger partial charge in [0, 0.05) is 0 Å². The molecule has 48 valence electrons. The van der Waals surface area contributed by atoms with Gasteiger partial charge in [-0.15, -0.1) is 0 Å². The first kappa shape index (κ1) is 22.4. The van der Waals surface area contributed by atoms with Gasteiger partial charge in [0.25, 0.3) is 0 Å². The largest absolute Gasteiger partial charge is 2.00 e. The summed E-state index contributed by atoms with van der Waals surface area (Å²) in [6, 6.07) is 0. The Morgan fingerprint density at radius 3 is 0.700 bits per heavy atom. The Morgan fingerprint density at radius 1 is 0.700 bits per heavy atom. The quantitative estimate of drug-likeness (QED) is 0.275. The van der Waals surface area contributed by atoms with Crippen LogP contribution < -0.4 is 0 Å². The zero-order valence-electron chi connectivity index (χ0n) is 4.76. The fourth-order valence-electron chi connectivity index (χ4n) is 0. The molecule has 0 heterocycles. The molecule has 0 radical (unpaired) electrons. The normalized spacial score (nSPS) is 4.80. The van der Waals surface area contributed by atoms with Crippen LogP contribution in [0, 0.1) is 30.6 Å². The molecule has 0 aromatic rings. The van der Waals surface area contributed by atoms with Gasteiger partial charge in [-0.3, -0.25) is 0 Å². The Hall–Kier alpha value is 0.919. The minimum atomic E-state index is -1.75. The van der Waals surface area contributed by atoms with Crippen LogP contribution in [0.3, 0.4) is 0 Å². The molecule has 10 heavy (non-hydrogen) atoms. The molecule has 0 amide bonds. The van der Waals surface area contributed by atoms with E-state index < -0.39 is 10.2 Å². The molecule has 0 atom stereocenters. The summed E-state index contributed by atoms with van der Waals surface area (Å²) in [6.45, 7) is 0. The van der Waals surface area contributed by atoms with Crippen molar-refractivity contribution in [2.75, 3.05) is 0 Å². The molecule has 0 aliphatic carbocycles. The van der Waals surface area contributed by atoms with Crippen molar-refractivity contribution >= 4 is 75.5 Å². The molecule has 0 aliphatic rings. The van der Waals surface area contributed by atoms with Crippen molar-refractivity contribution in [1.82, 2.24) is 0 Å². The van der Waals surface area contributed by atoms with Crippen LogP contribution in [-0.2, 0) is 0 Å². The molecule has 8 nitrogen and oxygen atoms in total. The van der Waals surface area contributed by atoms with Crippen molar-refractivity contribution in [2.24, 2.45) is 0 Å². The van der Waals surface area contributed by atoms with E-state index in [0.29, 0.717) is 0 Å². The Bertz CT molecular complexity index is 71.7. The van der Waals surface area contributed by atoms with Crippen molar-refractivity contribution in [3.8, 4) is 0 Å². The second kappa shape index (κ2) is 16.5. The summed E-state index contributed by atoms with van der Waals surface area (Å²) in [5, 5.41) is 29.5. The molecular weight excluding hydrogens is 204 g/mol. The molecule has 0 aromatic carbocycles. The molecule has 0 rings (SSSR count). The minimum absolute atomic E-state index is 0. The average Bonchev–Trinajstić information content (AvgIpc) is 1.25. The van der Waals surface area contributed by atoms with Crippen LogP contribution >= 0.6 is 0 Å². The Morgan fingerprint density at radius 2 is 0.700 bits per heavy atom. The molecule has 0 fully saturated rings. The summed E-state index contributed by atoms with van der Waals surface area (Å²) in [6.07, 6.45) is 0. The molecule has 0 spiro atoms. The van der Waals surface area contributed by atoms with Crippen molar-refractivity contribution in [2.45, 2.75) is 0 Å². The zero-order valence-corrected chi connectivity index (χ0v) is 9.17. The second-order valence-electron chi connectivity index (χ2n) is 0.447. The van der Waals surface area contributed by atoms with Crippen LogP contribution in [0.4, 0.5) is 0 Å². The Labute approximate surface area is 114 Å². The van der Waals surface area contributed by atoms with E-state index in [0.717, 1.165) is 0 Å². The van der Waals surface area contributed by atoms with E-state index in [2.05, 4.69) is 0 Å². The molecule has 0 aromatic heterocycles. The van der Waals surface area contributed by atoms with Gasteiger partial charge < -0.3 is 30.6 Å². The van der Waals surface area contributed by atoms with E-state index in [4.69, 9.17) is 30.6 Å². The van der Waals surface area contributed by atoms with Gasteiger partial charge in [-0.1, -0.05) is 0 Å². The maximum atomic E-state index is 8.25. The molecule has 10 heteroatoms. The average molecular weight is 204 g/mol. The fraction of sp³-hybridized carbons (Fsp3) is 0. The number of hydrogen-bond acceptors (Lipinski definition) is 6. The van der Waals surface area contributed by atoms with E-state index in [1.807, 2.05) is 0 Å². The number of hydrogen-bond donors (Lipinski definition) is 0. The summed E-state index contributed by atoms with van der Waals surface area (Å²) in [7, 11) is 0. The smallest absolute Gasteiger partial charge is 0.356 e. The van der Waals surface area contributed by atoms with Crippen molar-refractivity contribution in [3.05, 3.63) is 30.6 Å².